The highest BCUT2D eigenvalue weighted by atomic mass is 16.3. The monoisotopic (exact) mass is 696 g/mol. The first-order valence-electron chi connectivity index (χ1n) is 18.3. The number of benzene rings is 6. The van der Waals surface area contributed by atoms with Gasteiger partial charge in [0.05, 0.1) is 33.8 Å². The Kier molecular flexibility index (Phi) is 7.24. The van der Waals surface area contributed by atoms with Crippen LogP contribution in [0.25, 0.3) is 61.1 Å². The van der Waals surface area contributed by atoms with Crippen LogP contribution in [0.2, 0.25) is 0 Å². The Labute approximate surface area is 314 Å². The molecule has 6 aromatic carbocycles. The number of anilines is 3. The van der Waals surface area contributed by atoms with Gasteiger partial charge in [-0.05, 0) is 65.2 Å². The fourth-order valence-corrected chi connectivity index (χ4v) is 8.37. The number of hydrogen-bond acceptors (Lipinski definition) is 4. The third-order valence-corrected chi connectivity index (χ3v) is 10.9. The molecule has 0 atom stereocenters. The molecule has 5 heteroatoms. The zero-order chi connectivity index (χ0) is 36.4. The molecule has 1 N–H and O–H groups in total. The average molecular weight is 697 g/mol. The third-order valence-electron chi connectivity index (χ3n) is 10.9. The maximum atomic E-state index is 11.0. The first-order valence-corrected chi connectivity index (χ1v) is 18.3. The van der Waals surface area contributed by atoms with Crippen LogP contribution >= 0.6 is 0 Å². The molecule has 0 bridgehead atoms. The Morgan fingerprint density at radius 2 is 1.28 bits per heavy atom. The minimum absolute atomic E-state index is 0.260. The number of nitrogens with zero attached hydrogens (tertiary/aromatic N) is 4. The highest BCUT2D eigenvalue weighted by molar-refractivity contribution is 6.09. The summed E-state index contributed by atoms with van der Waals surface area (Å²) in [5, 5.41) is 13.4. The molecular formula is C49H36N4O. The Bertz CT molecular complexity index is 2840. The van der Waals surface area contributed by atoms with E-state index in [2.05, 4.69) is 175 Å². The molecule has 0 fully saturated rings. The maximum absolute atomic E-state index is 11.0. The molecule has 0 radical (unpaired) electrons. The molecule has 10 rings (SSSR count). The Morgan fingerprint density at radius 1 is 0.593 bits per heavy atom. The van der Waals surface area contributed by atoms with Gasteiger partial charge in [-0.3, -0.25) is 4.90 Å². The molecule has 3 heterocycles. The summed E-state index contributed by atoms with van der Waals surface area (Å²) in [5.41, 5.74) is 12.9. The smallest absolute Gasteiger partial charge is 0.139 e. The Balaban J connectivity index is 1.17. The van der Waals surface area contributed by atoms with Crippen molar-refractivity contribution in [2.45, 2.75) is 19.3 Å². The van der Waals surface area contributed by atoms with Gasteiger partial charge in [0.1, 0.15) is 11.6 Å². The molecular weight excluding hydrogens is 661 g/mol. The van der Waals surface area contributed by atoms with Crippen molar-refractivity contribution < 1.29 is 5.11 Å². The summed E-state index contributed by atoms with van der Waals surface area (Å²) in [7, 11) is 0. The number of hydrogen-bond donors (Lipinski definition) is 1. The number of fused-ring (bicyclic) bond motifs is 6. The molecule has 0 saturated heterocycles. The van der Waals surface area contributed by atoms with Crippen LogP contribution in [0.5, 0.6) is 5.75 Å². The predicted octanol–water partition coefficient (Wildman–Crippen LogP) is 12.4. The second kappa shape index (κ2) is 12.3. The number of pyridine rings is 2. The second-order valence-corrected chi connectivity index (χ2v) is 14.4. The molecule has 258 valence electrons. The van der Waals surface area contributed by atoms with Crippen LogP contribution in [0.3, 0.4) is 0 Å². The molecule has 0 amide bonds. The molecule has 1 aliphatic carbocycles. The van der Waals surface area contributed by atoms with Crippen molar-refractivity contribution in [3.63, 3.8) is 0 Å². The van der Waals surface area contributed by atoms with E-state index in [1.165, 1.54) is 10.8 Å². The summed E-state index contributed by atoms with van der Waals surface area (Å²) >= 11 is 0. The quantitative estimate of drug-likeness (QED) is 0.188. The predicted molar refractivity (Wildman–Crippen MR) is 221 cm³/mol. The van der Waals surface area contributed by atoms with Crippen molar-refractivity contribution in [1.82, 2.24) is 14.5 Å². The minimum atomic E-state index is -0.262. The van der Waals surface area contributed by atoms with Gasteiger partial charge in [-0.1, -0.05) is 129 Å². The van der Waals surface area contributed by atoms with Crippen LogP contribution in [-0.4, -0.2) is 19.6 Å². The first kappa shape index (κ1) is 31.7. The van der Waals surface area contributed by atoms with Crippen molar-refractivity contribution in [2.75, 3.05) is 4.90 Å². The zero-order valence-corrected chi connectivity index (χ0v) is 30.0. The van der Waals surface area contributed by atoms with Gasteiger partial charge in [0, 0.05) is 50.8 Å². The molecule has 0 spiro atoms. The number of para-hydroxylation sites is 3. The summed E-state index contributed by atoms with van der Waals surface area (Å²) < 4.78 is 2.33. The van der Waals surface area contributed by atoms with E-state index in [9.17, 15) is 5.11 Å². The number of rotatable bonds is 6. The van der Waals surface area contributed by atoms with E-state index in [1.54, 1.807) is 6.07 Å². The van der Waals surface area contributed by atoms with Crippen LogP contribution in [0.4, 0.5) is 17.2 Å². The van der Waals surface area contributed by atoms with Gasteiger partial charge in [0.25, 0.3) is 0 Å². The van der Waals surface area contributed by atoms with Crippen LogP contribution in [-0.2, 0) is 5.41 Å². The van der Waals surface area contributed by atoms with Crippen LogP contribution < -0.4 is 4.90 Å². The number of phenolic OH excluding ortho intramolecular Hbond substituents is 1. The van der Waals surface area contributed by atoms with E-state index in [-0.39, 0.29) is 11.2 Å². The lowest BCUT2D eigenvalue weighted by Crippen LogP contribution is -2.15. The van der Waals surface area contributed by atoms with E-state index in [0.717, 1.165) is 78.7 Å². The van der Waals surface area contributed by atoms with Crippen LogP contribution in [0, 0.1) is 0 Å². The summed E-state index contributed by atoms with van der Waals surface area (Å²) in [6, 6.07) is 59.0. The SMILES string of the molecule is CC1(C)c2ccc(-c3cccc(N(c4cc(-n5c6ccccc6c6ccccc65)ccn4)c4ccccc4-c4ccccc4)c3)nc2-c2c(O)cccc21. The Morgan fingerprint density at radius 3 is 2.07 bits per heavy atom. The summed E-state index contributed by atoms with van der Waals surface area (Å²) in [6.45, 7) is 4.39. The lowest BCUT2D eigenvalue weighted by molar-refractivity contribution is 0.476. The van der Waals surface area contributed by atoms with Crippen molar-refractivity contribution in [2.24, 2.45) is 0 Å². The summed E-state index contributed by atoms with van der Waals surface area (Å²) in [5.74, 6) is 1.05. The molecule has 0 unspecified atom stereocenters. The van der Waals surface area contributed by atoms with Gasteiger partial charge in [0.2, 0.25) is 0 Å². The zero-order valence-electron chi connectivity index (χ0n) is 30.0. The number of aromatic hydroxyl groups is 1. The van der Waals surface area contributed by atoms with Gasteiger partial charge < -0.3 is 9.67 Å². The normalized spacial score (nSPS) is 12.9. The molecule has 5 nitrogen and oxygen atoms in total. The highest BCUT2D eigenvalue weighted by Gasteiger charge is 2.38. The van der Waals surface area contributed by atoms with Crippen molar-refractivity contribution >= 4 is 39.0 Å². The maximum Gasteiger partial charge on any atom is 0.139 e. The minimum Gasteiger partial charge on any atom is -0.507 e. The van der Waals surface area contributed by atoms with Crippen LogP contribution in [0.1, 0.15) is 25.0 Å². The largest absolute Gasteiger partial charge is 0.507 e. The lowest BCUT2D eigenvalue weighted by Gasteiger charge is -2.27. The molecule has 9 aromatic rings. The van der Waals surface area contributed by atoms with Gasteiger partial charge in [0.15, 0.2) is 0 Å². The van der Waals surface area contributed by atoms with Gasteiger partial charge in [-0.15, -0.1) is 0 Å². The molecule has 0 saturated carbocycles. The van der Waals surface area contributed by atoms with E-state index in [1.807, 2.05) is 18.3 Å². The summed E-state index contributed by atoms with van der Waals surface area (Å²) in [6.07, 6.45) is 1.91. The number of aromatic nitrogens is 3. The van der Waals surface area contributed by atoms with Crippen molar-refractivity contribution in [1.29, 1.82) is 0 Å². The standard InChI is InChI=1S/C49H36N4O/c1-49(2)39-21-13-25-45(54)47(39)48-40(49)26-27-41(51-48)33-16-12-17-34(30-33)53(42-22-9-6-18-36(42)32-14-4-3-5-15-32)46-31-35(28-29-50-46)52-43-23-10-7-19-37(43)38-20-8-11-24-44(38)52/h3-31,54H,1-2H3. The third kappa shape index (κ3) is 4.93. The fraction of sp³-hybridized carbons (Fsp3) is 0.0612. The van der Waals surface area contributed by atoms with E-state index < -0.39 is 0 Å². The average Bonchev–Trinajstić information content (AvgIpc) is 3.67. The second-order valence-electron chi connectivity index (χ2n) is 14.4. The van der Waals surface area contributed by atoms with Gasteiger partial charge in [-0.25, -0.2) is 9.97 Å². The Hall–Kier alpha value is -6.98. The number of phenols is 1. The van der Waals surface area contributed by atoms with Gasteiger partial charge in [-0.2, -0.15) is 0 Å². The first-order chi connectivity index (χ1) is 26.5. The lowest BCUT2D eigenvalue weighted by atomic mass is 9.83. The highest BCUT2D eigenvalue weighted by Crippen LogP contribution is 2.51. The topological polar surface area (TPSA) is 54.2 Å². The molecule has 54 heavy (non-hydrogen) atoms. The van der Waals surface area contributed by atoms with Crippen molar-refractivity contribution in [3.05, 3.63) is 187 Å². The molecule has 1 aliphatic rings. The van der Waals surface area contributed by atoms with E-state index >= 15 is 0 Å². The molecule has 3 aromatic heterocycles. The molecule has 0 aliphatic heterocycles. The van der Waals surface area contributed by atoms with Crippen LogP contribution in [0.15, 0.2) is 176 Å². The van der Waals surface area contributed by atoms with E-state index in [0.29, 0.717) is 0 Å². The van der Waals surface area contributed by atoms with Crippen molar-refractivity contribution in [3.8, 4) is 45.1 Å². The van der Waals surface area contributed by atoms with E-state index in [4.69, 9.17) is 9.97 Å². The summed E-state index contributed by atoms with van der Waals surface area (Å²) in [4.78, 5) is 12.6. The van der Waals surface area contributed by atoms with Gasteiger partial charge >= 0.3 is 0 Å². The fourth-order valence-electron chi connectivity index (χ4n) is 8.37.